The van der Waals surface area contributed by atoms with Gasteiger partial charge in [-0.3, -0.25) is 4.90 Å². The van der Waals surface area contributed by atoms with Crippen molar-refractivity contribution >= 4 is 5.97 Å². The van der Waals surface area contributed by atoms with Crippen LogP contribution in [0.4, 0.5) is 0 Å². The molecule has 5 nitrogen and oxygen atoms in total. The number of carboxylic acids is 1. The van der Waals surface area contributed by atoms with Crippen molar-refractivity contribution in [2.45, 2.75) is 12.6 Å². The summed E-state index contributed by atoms with van der Waals surface area (Å²) < 4.78 is 11.4. The fourth-order valence-electron chi connectivity index (χ4n) is 2.40. The number of furan rings is 1. The Kier molecular flexibility index (Phi) is 3.20. The Balaban J connectivity index is 1.80. The number of carboxylic acid groups (broad SMARTS) is 1. The zero-order valence-electron chi connectivity index (χ0n) is 11.1. The first-order chi connectivity index (χ1) is 9.63. The minimum Gasteiger partial charge on any atom is -0.484 e. The second-order valence-corrected chi connectivity index (χ2v) is 4.93. The molecule has 0 bridgehead atoms. The van der Waals surface area contributed by atoms with Crippen LogP contribution in [-0.2, 0) is 6.54 Å². The van der Waals surface area contributed by atoms with Crippen LogP contribution < -0.4 is 4.74 Å². The third-order valence-corrected chi connectivity index (χ3v) is 3.40. The highest BCUT2D eigenvalue weighted by Gasteiger charge is 2.27. The first-order valence-electron chi connectivity index (χ1n) is 6.38. The Labute approximate surface area is 116 Å². The number of carbonyl (C=O) groups is 1. The number of aromatic carboxylic acids is 1. The normalized spacial score (nSPS) is 18.6. The Morgan fingerprint density at radius 1 is 1.35 bits per heavy atom. The highest BCUT2D eigenvalue weighted by Crippen LogP contribution is 2.30. The van der Waals surface area contributed by atoms with E-state index in [0.717, 1.165) is 24.4 Å². The average molecular weight is 273 g/mol. The molecule has 104 valence electrons. The minimum absolute atomic E-state index is 0.0989. The van der Waals surface area contributed by atoms with E-state index in [2.05, 4.69) is 4.90 Å². The van der Waals surface area contributed by atoms with Crippen molar-refractivity contribution in [3.63, 3.8) is 0 Å². The van der Waals surface area contributed by atoms with Gasteiger partial charge in [-0.25, -0.2) is 4.79 Å². The van der Waals surface area contributed by atoms with Gasteiger partial charge in [0.05, 0.1) is 18.4 Å². The van der Waals surface area contributed by atoms with Crippen LogP contribution in [0.25, 0.3) is 0 Å². The van der Waals surface area contributed by atoms with E-state index in [4.69, 9.17) is 14.3 Å². The van der Waals surface area contributed by atoms with E-state index >= 15 is 0 Å². The van der Waals surface area contributed by atoms with Gasteiger partial charge in [0.15, 0.2) is 0 Å². The summed E-state index contributed by atoms with van der Waals surface area (Å²) in [6.07, 6.45) is 1.58. The molecule has 1 aromatic carbocycles. The van der Waals surface area contributed by atoms with Gasteiger partial charge in [0.2, 0.25) is 0 Å². The van der Waals surface area contributed by atoms with Crippen LogP contribution in [0, 0.1) is 0 Å². The van der Waals surface area contributed by atoms with Crippen LogP contribution in [-0.4, -0.2) is 29.6 Å². The summed E-state index contributed by atoms with van der Waals surface area (Å²) in [5.41, 5.74) is 1.31. The van der Waals surface area contributed by atoms with Gasteiger partial charge in [0.1, 0.15) is 17.6 Å². The van der Waals surface area contributed by atoms with Gasteiger partial charge in [0, 0.05) is 12.1 Å². The molecule has 0 aliphatic carbocycles. The lowest BCUT2D eigenvalue weighted by molar-refractivity contribution is 0.0697. The van der Waals surface area contributed by atoms with Crippen LogP contribution in [0.5, 0.6) is 5.75 Å². The summed E-state index contributed by atoms with van der Waals surface area (Å²) in [6, 6.07) is 8.37. The second-order valence-electron chi connectivity index (χ2n) is 4.93. The zero-order chi connectivity index (χ0) is 14.1. The maximum atomic E-state index is 10.8. The average Bonchev–Trinajstić information content (AvgIpc) is 2.87. The summed E-state index contributed by atoms with van der Waals surface area (Å²) in [4.78, 5) is 12.9. The predicted molar refractivity (Wildman–Crippen MR) is 71.8 cm³/mol. The van der Waals surface area contributed by atoms with E-state index in [1.165, 1.54) is 0 Å². The van der Waals surface area contributed by atoms with E-state index < -0.39 is 5.97 Å². The quantitative estimate of drug-likeness (QED) is 0.931. The first-order valence-corrected chi connectivity index (χ1v) is 6.38. The summed E-state index contributed by atoms with van der Waals surface area (Å²) in [5, 5.41) is 8.87. The maximum absolute atomic E-state index is 10.8. The monoisotopic (exact) mass is 273 g/mol. The maximum Gasteiger partial charge on any atom is 0.335 e. The van der Waals surface area contributed by atoms with Crippen molar-refractivity contribution < 1.29 is 19.1 Å². The van der Waals surface area contributed by atoms with Crippen molar-refractivity contribution in [2.24, 2.45) is 0 Å². The molecule has 1 atom stereocenters. The van der Waals surface area contributed by atoms with Crippen molar-refractivity contribution in [1.29, 1.82) is 0 Å². The lowest BCUT2D eigenvalue weighted by Crippen LogP contribution is -2.32. The van der Waals surface area contributed by atoms with Crippen molar-refractivity contribution in [1.82, 2.24) is 4.90 Å². The lowest BCUT2D eigenvalue weighted by atomic mass is 10.1. The van der Waals surface area contributed by atoms with Gasteiger partial charge >= 0.3 is 5.97 Å². The van der Waals surface area contributed by atoms with Gasteiger partial charge in [-0.15, -0.1) is 0 Å². The molecule has 2 aromatic rings. The van der Waals surface area contributed by atoms with Crippen molar-refractivity contribution in [3.05, 3.63) is 53.5 Å². The predicted octanol–water partition coefficient (Wildman–Crippen LogP) is 2.54. The van der Waals surface area contributed by atoms with Crippen LogP contribution >= 0.6 is 0 Å². The Hall–Kier alpha value is -2.27. The number of ether oxygens (including phenoxy) is 1. The molecule has 1 N–H and O–H groups in total. The molecule has 0 saturated carbocycles. The van der Waals surface area contributed by atoms with Gasteiger partial charge in [-0.2, -0.15) is 0 Å². The van der Waals surface area contributed by atoms with Crippen molar-refractivity contribution in [3.8, 4) is 5.75 Å². The van der Waals surface area contributed by atoms with Crippen LogP contribution in [0.2, 0.25) is 0 Å². The second kappa shape index (κ2) is 5.02. The number of nitrogens with zero attached hydrogens (tertiary/aromatic N) is 1. The molecular formula is C15H15NO4. The number of rotatable bonds is 3. The smallest absolute Gasteiger partial charge is 0.335 e. The zero-order valence-corrected chi connectivity index (χ0v) is 11.1. The molecule has 0 radical (unpaired) electrons. The summed E-state index contributed by atoms with van der Waals surface area (Å²) in [6.45, 7) is 1.55. The van der Waals surface area contributed by atoms with E-state index in [1.807, 2.05) is 13.1 Å². The van der Waals surface area contributed by atoms with E-state index in [1.54, 1.807) is 30.5 Å². The van der Waals surface area contributed by atoms with Crippen molar-refractivity contribution in [2.75, 3.05) is 13.6 Å². The topological polar surface area (TPSA) is 62.9 Å². The van der Waals surface area contributed by atoms with Crippen LogP contribution in [0.15, 0.2) is 41.0 Å². The molecule has 0 spiro atoms. The number of likely N-dealkylation sites (N-methyl/N-ethyl adjacent to an activating group) is 1. The Bertz CT molecular complexity index is 617. The molecule has 2 heterocycles. The minimum atomic E-state index is -0.939. The molecule has 1 aliphatic rings. The third-order valence-electron chi connectivity index (χ3n) is 3.40. The fourth-order valence-corrected chi connectivity index (χ4v) is 2.40. The van der Waals surface area contributed by atoms with Gasteiger partial charge < -0.3 is 14.3 Å². The molecule has 3 rings (SSSR count). The largest absolute Gasteiger partial charge is 0.484 e. The van der Waals surface area contributed by atoms with Crippen LogP contribution in [0.1, 0.15) is 27.8 Å². The molecule has 0 amide bonds. The number of hydrogen-bond acceptors (Lipinski definition) is 4. The summed E-state index contributed by atoms with van der Waals surface area (Å²) in [7, 11) is 2.01. The SMILES string of the molecule is CN1Cc2occc2C(Oc2ccc(C(=O)O)cc2)C1. The highest BCUT2D eigenvalue weighted by atomic mass is 16.5. The Morgan fingerprint density at radius 3 is 2.80 bits per heavy atom. The molecule has 1 unspecified atom stereocenters. The number of fused-ring (bicyclic) bond motifs is 1. The molecule has 0 fully saturated rings. The summed E-state index contributed by atoms with van der Waals surface area (Å²) >= 11 is 0. The third kappa shape index (κ3) is 2.40. The van der Waals surface area contributed by atoms with Gasteiger partial charge in [0.25, 0.3) is 0 Å². The van der Waals surface area contributed by atoms with E-state index in [9.17, 15) is 4.79 Å². The standard InChI is InChI=1S/C15H15NO4/c1-16-8-13-12(6-7-19-13)14(9-16)20-11-4-2-10(3-5-11)15(17)18/h2-7,14H,8-9H2,1H3,(H,17,18). The highest BCUT2D eigenvalue weighted by molar-refractivity contribution is 5.87. The molecule has 1 aromatic heterocycles. The fraction of sp³-hybridized carbons (Fsp3) is 0.267. The number of benzene rings is 1. The van der Waals surface area contributed by atoms with Crippen LogP contribution in [0.3, 0.4) is 0 Å². The molecule has 1 aliphatic heterocycles. The van der Waals surface area contributed by atoms with E-state index in [0.29, 0.717) is 5.75 Å². The molecule has 20 heavy (non-hydrogen) atoms. The van der Waals surface area contributed by atoms with Gasteiger partial charge in [-0.05, 0) is 37.4 Å². The lowest BCUT2D eigenvalue weighted by Gasteiger charge is -2.29. The molecule has 0 saturated heterocycles. The van der Waals surface area contributed by atoms with E-state index in [-0.39, 0.29) is 11.7 Å². The van der Waals surface area contributed by atoms with Gasteiger partial charge in [-0.1, -0.05) is 0 Å². The number of hydrogen-bond donors (Lipinski definition) is 1. The summed E-state index contributed by atoms with van der Waals surface area (Å²) in [5.74, 6) is 0.638. The first kappa shape index (κ1) is 12.7. The Morgan fingerprint density at radius 2 is 2.10 bits per heavy atom. The molecule has 5 heteroatoms. The molecular weight excluding hydrogens is 258 g/mol.